The Labute approximate surface area is 119 Å². The first-order chi connectivity index (χ1) is 9.71. The maximum Gasteiger partial charge on any atom is 0.227 e. The third-order valence-electron chi connectivity index (χ3n) is 3.61. The lowest BCUT2D eigenvalue weighted by molar-refractivity contribution is -0.130. The number of fused-ring (bicyclic) bond motifs is 1. The molecule has 0 saturated carbocycles. The first kappa shape index (κ1) is 14.1. The number of nitrogens with zero attached hydrogens (tertiary/aromatic N) is 2. The molecule has 20 heavy (non-hydrogen) atoms. The van der Waals surface area contributed by atoms with Gasteiger partial charge in [0.2, 0.25) is 5.91 Å². The molecule has 0 spiro atoms. The van der Waals surface area contributed by atoms with Crippen LogP contribution in [0.15, 0.2) is 24.4 Å². The van der Waals surface area contributed by atoms with E-state index in [1.54, 1.807) is 0 Å². The molecule has 2 aromatic rings. The van der Waals surface area contributed by atoms with Crippen molar-refractivity contribution in [2.24, 2.45) is 0 Å². The molecule has 0 radical (unpaired) electrons. The van der Waals surface area contributed by atoms with Crippen LogP contribution >= 0.6 is 0 Å². The molecule has 1 amide bonds. The Bertz CT molecular complexity index is 647. The van der Waals surface area contributed by atoms with Gasteiger partial charge in [-0.25, -0.2) is 0 Å². The highest BCUT2D eigenvalue weighted by molar-refractivity contribution is 5.90. The Kier molecular flexibility index (Phi) is 4.41. The summed E-state index contributed by atoms with van der Waals surface area (Å²) in [5.41, 5.74) is 2.95. The van der Waals surface area contributed by atoms with Gasteiger partial charge in [-0.15, -0.1) is 0 Å². The number of benzene rings is 1. The first-order valence-electron chi connectivity index (χ1n) is 6.93. The Hall–Kier alpha value is -2.28. The summed E-state index contributed by atoms with van der Waals surface area (Å²) < 4.78 is 0. The van der Waals surface area contributed by atoms with E-state index in [0.717, 1.165) is 35.1 Å². The van der Waals surface area contributed by atoms with E-state index in [-0.39, 0.29) is 5.91 Å². The van der Waals surface area contributed by atoms with Crippen molar-refractivity contribution in [3.63, 3.8) is 0 Å². The van der Waals surface area contributed by atoms with Crippen molar-refractivity contribution in [2.75, 3.05) is 13.1 Å². The Morgan fingerprint density at radius 2 is 2.05 bits per heavy atom. The molecule has 0 aliphatic heterocycles. The lowest BCUT2D eigenvalue weighted by Gasteiger charge is -2.18. The monoisotopic (exact) mass is 269 g/mol. The average Bonchev–Trinajstić information content (AvgIpc) is 2.85. The maximum atomic E-state index is 12.2. The molecule has 0 unspecified atom stereocenters. The van der Waals surface area contributed by atoms with Gasteiger partial charge in [0.1, 0.15) is 0 Å². The lowest BCUT2D eigenvalue weighted by Crippen LogP contribution is -2.31. The summed E-state index contributed by atoms with van der Waals surface area (Å²) in [4.78, 5) is 17.2. The van der Waals surface area contributed by atoms with Gasteiger partial charge in [-0.05, 0) is 25.0 Å². The van der Waals surface area contributed by atoms with Gasteiger partial charge >= 0.3 is 0 Å². The molecule has 1 aromatic heterocycles. The number of nitriles is 1. The van der Waals surface area contributed by atoms with Crippen LogP contribution in [0.5, 0.6) is 0 Å². The zero-order chi connectivity index (χ0) is 14.5. The number of likely N-dealkylation sites (N-methyl/N-ethyl adjacent to an activating group) is 1. The van der Waals surface area contributed by atoms with Gasteiger partial charge in [-0.1, -0.05) is 18.2 Å². The normalized spacial score (nSPS) is 10.4. The number of hydrogen-bond donors (Lipinski definition) is 1. The first-order valence-corrected chi connectivity index (χ1v) is 6.93. The number of rotatable bonds is 5. The summed E-state index contributed by atoms with van der Waals surface area (Å²) in [5.74, 6) is 0.138. The van der Waals surface area contributed by atoms with Crippen LogP contribution < -0.4 is 0 Å². The van der Waals surface area contributed by atoms with Crippen LogP contribution in [0.2, 0.25) is 0 Å². The highest BCUT2D eigenvalue weighted by atomic mass is 16.2. The van der Waals surface area contributed by atoms with Crippen molar-refractivity contribution in [3.8, 4) is 6.07 Å². The maximum absolute atomic E-state index is 12.2. The molecule has 0 bridgehead atoms. The summed E-state index contributed by atoms with van der Waals surface area (Å²) >= 11 is 0. The Balaban J connectivity index is 2.31. The fraction of sp³-hybridized carbons (Fsp3) is 0.375. The molecule has 2 rings (SSSR count). The average molecular weight is 269 g/mol. The van der Waals surface area contributed by atoms with Crippen molar-refractivity contribution in [3.05, 3.63) is 35.5 Å². The van der Waals surface area contributed by atoms with Crippen LogP contribution in [0.1, 0.15) is 25.0 Å². The number of H-pyrrole nitrogens is 1. The van der Waals surface area contributed by atoms with Crippen LogP contribution in [0, 0.1) is 11.3 Å². The van der Waals surface area contributed by atoms with E-state index in [9.17, 15) is 4.79 Å². The molecule has 104 valence electrons. The van der Waals surface area contributed by atoms with Crippen molar-refractivity contribution >= 4 is 16.8 Å². The highest BCUT2D eigenvalue weighted by Gasteiger charge is 2.14. The summed E-state index contributed by atoms with van der Waals surface area (Å²) in [7, 11) is 0. The van der Waals surface area contributed by atoms with Crippen LogP contribution in [0.3, 0.4) is 0 Å². The third kappa shape index (κ3) is 2.67. The van der Waals surface area contributed by atoms with Crippen LogP contribution in [-0.2, 0) is 17.6 Å². The Morgan fingerprint density at radius 3 is 2.70 bits per heavy atom. The number of carbonyl (C=O) groups excluding carboxylic acids is 1. The van der Waals surface area contributed by atoms with Crippen LogP contribution in [0.4, 0.5) is 0 Å². The molecule has 1 N–H and O–H groups in total. The van der Waals surface area contributed by atoms with Crippen LogP contribution in [-0.4, -0.2) is 28.9 Å². The molecule has 0 aliphatic carbocycles. The number of carbonyl (C=O) groups is 1. The smallest absolute Gasteiger partial charge is 0.227 e. The zero-order valence-corrected chi connectivity index (χ0v) is 11.9. The molecule has 1 heterocycles. The minimum Gasteiger partial charge on any atom is -0.361 e. The van der Waals surface area contributed by atoms with Gasteiger partial charge in [0, 0.05) is 30.2 Å². The van der Waals surface area contributed by atoms with Gasteiger partial charge in [0.15, 0.2) is 0 Å². The number of para-hydroxylation sites is 1. The predicted molar refractivity (Wildman–Crippen MR) is 79.2 cm³/mol. The van der Waals surface area contributed by atoms with Gasteiger partial charge in [-0.2, -0.15) is 5.26 Å². The summed E-state index contributed by atoms with van der Waals surface area (Å²) in [6, 6.07) is 8.07. The minimum absolute atomic E-state index is 0.138. The lowest BCUT2D eigenvalue weighted by atomic mass is 10.0. The van der Waals surface area contributed by atoms with Crippen molar-refractivity contribution in [1.29, 1.82) is 5.26 Å². The quantitative estimate of drug-likeness (QED) is 0.907. The van der Waals surface area contributed by atoms with E-state index in [1.807, 2.05) is 43.1 Å². The second-order valence-corrected chi connectivity index (χ2v) is 4.73. The summed E-state index contributed by atoms with van der Waals surface area (Å²) in [5, 5.41) is 9.86. The molecule has 0 saturated heterocycles. The summed E-state index contributed by atoms with van der Waals surface area (Å²) in [6.07, 6.45) is 2.64. The van der Waals surface area contributed by atoms with Crippen molar-refractivity contribution < 1.29 is 4.79 Å². The van der Waals surface area contributed by atoms with Gasteiger partial charge in [0.05, 0.1) is 18.9 Å². The largest absolute Gasteiger partial charge is 0.361 e. The standard InChI is InChI=1S/C16H19N3O/c1-3-19(4-2)15(20)10-12-6-5-7-14-13(8-9-17)11-18-16(12)14/h5-7,11,18H,3-4,8,10H2,1-2H3. The molecular weight excluding hydrogens is 250 g/mol. The Morgan fingerprint density at radius 1 is 1.30 bits per heavy atom. The number of aromatic nitrogens is 1. The second kappa shape index (κ2) is 6.25. The minimum atomic E-state index is 0.138. The molecule has 0 fully saturated rings. The van der Waals surface area contributed by atoms with E-state index in [0.29, 0.717) is 12.8 Å². The second-order valence-electron chi connectivity index (χ2n) is 4.73. The van der Waals surface area contributed by atoms with Crippen LogP contribution in [0.25, 0.3) is 10.9 Å². The predicted octanol–water partition coefficient (Wildman–Crippen LogP) is 2.64. The fourth-order valence-electron chi connectivity index (χ4n) is 2.50. The van der Waals surface area contributed by atoms with E-state index in [4.69, 9.17) is 5.26 Å². The highest BCUT2D eigenvalue weighted by Crippen LogP contribution is 2.22. The molecule has 4 heteroatoms. The molecule has 0 atom stereocenters. The zero-order valence-electron chi connectivity index (χ0n) is 11.9. The number of hydrogen-bond acceptors (Lipinski definition) is 2. The van der Waals surface area contributed by atoms with Gasteiger partial charge < -0.3 is 9.88 Å². The number of amides is 1. The van der Waals surface area contributed by atoms with Gasteiger partial charge in [-0.3, -0.25) is 4.79 Å². The summed E-state index contributed by atoms with van der Waals surface area (Å²) in [6.45, 7) is 5.44. The molecule has 1 aromatic carbocycles. The molecular formula is C16H19N3O. The van der Waals surface area contributed by atoms with E-state index in [1.165, 1.54) is 0 Å². The number of nitrogens with one attached hydrogen (secondary N) is 1. The van der Waals surface area contributed by atoms with Crippen molar-refractivity contribution in [2.45, 2.75) is 26.7 Å². The molecule has 0 aliphatic rings. The van der Waals surface area contributed by atoms with E-state index >= 15 is 0 Å². The van der Waals surface area contributed by atoms with E-state index in [2.05, 4.69) is 11.1 Å². The van der Waals surface area contributed by atoms with Gasteiger partial charge in [0.25, 0.3) is 0 Å². The SMILES string of the molecule is CCN(CC)C(=O)Cc1cccc2c(CC#N)c[nH]c12. The topological polar surface area (TPSA) is 59.9 Å². The molecule has 4 nitrogen and oxygen atoms in total. The van der Waals surface area contributed by atoms with Crippen molar-refractivity contribution in [1.82, 2.24) is 9.88 Å². The fourth-order valence-corrected chi connectivity index (χ4v) is 2.50. The third-order valence-corrected chi connectivity index (χ3v) is 3.61. The van der Waals surface area contributed by atoms with E-state index < -0.39 is 0 Å². The number of aromatic amines is 1.